The molecule has 0 N–H and O–H groups in total. The molecule has 0 heterocycles. The van der Waals surface area contributed by atoms with Crippen LogP contribution >= 0.6 is 0 Å². The maximum absolute atomic E-state index is 7.05. The van der Waals surface area contributed by atoms with Crippen LogP contribution in [0, 0.1) is 0 Å². The normalized spacial score (nSPS) is 11.6. The highest BCUT2D eigenvalue weighted by molar-refractivity contribution is 6.15. The van der Waals surface area contributed by atoms with E-state index >= 15 is 0 Å². The summed E-state index contributed by atoms with van der Waals surface area (Å²) in [6.45, 7) is 12.1. The van der Waals surface area contributed by atoms with E-state index in [1.54, 1.807) is 0 Å². The van der Waals surface area contributed by atoms with Crippen molar-refractivity contribution in [1.29, 1.82) is 0 Å². The molecule has 0 aliphatic rings. The molecule has 0 amide bonds. The lowest BCUT2D eigenvalue weighted by Crippen LogP contribution is -2.06. The highest BCUT2D eigenvalue weighted by Crippen LogP contribution is 2.50. The van der Waals surface area contributed by atoms with Gasteiger partial charge in [-0.25, -0.2) is 0 Å². The maximum Gasteiger partial charge on any atom is 0.139 e. The first-order valence-electron chi connectivity index (χ1n) is 33.3. The molecule has 3 aromatic carbocycles. The number of ether oxygens (including phenoxy) is 4. The molecule has 0 fully saturated rings. The zero-order valence-corrected chi connectivity index (χ0v) is 49.9. The first kappa shape index (κ1) is 65.7. The topological polar surface area (TPSA) is 36.9 Å². The fraction of sp³-hybridized carbons (Fsp3) is 0.800. The van der Waals surface area contributed by atoms with E-state index in [1.165, 1.54) is 283 Å². The van der Waals surface area contributed by atoms with Crippen LogP contribution in [-0.4, -0.2) is 26.4 Å². The van der Waals surface area contributed by atoms with Crippen molar-refractivity contribution >= 4 is 21.5 Å². The lowest BCUT2D eigenvalue weighted by molar-refractivity contribution is 0.290. The van der Waals surface area contributed by atoms with Crippen molar-refractivity contribution in [3.63, 3.8) is 0 Å². The fourth-order valence-corrected chi connectivity index (χ4v) is 11.2. The van der Waals surface area contributed by atoms with E-state index in [1.807, 2.05) is 0 Å². The van der Waals surface area contributed by atoms with Crippen molar-refractivity contribution in [2.75, 3.05) is 26.4 Å². The number of unbranched alkanes of at least 4 members (excludes halogenated alkanes) is 44. The number of hydrogen-bond acceptors (Lipinski definition) is 4. The summed E-state index contributed by atoms with van der Waals surface area (Å²) in [5, 5.41) is 4.32. The van der Waals surface area contributed by atoms with Crippen molar-refractivity contribution < 1.29 is 18.9 Å². The van der Waals surface area contributed by atoms with E-state index in [0.29, 0.717) is 26.4 Å². The van der Waals surface area contributed by atoms with Gasteiger partial charge in [0.2, 0.25) is 0 Å². The smallest absolute Gasteiger partial charge is 0.139 e. The van der Waals surface area contributed by atoms with Crippen LogP contribution in [0.4, 0.5) is 0 Å². The van der Waals surface area contributed by atoms with E-state index in [9.17, 15) is 0 Å². The monoisotopic (exact) mass is 1030 g/mol. The Bertz CT molecular complexity index is 1560. The Morgan fingerprint density at radius 3 is 0.622 bits per heavy atom. The van der Waals surface area contributed by atoms with E-state index in [4.69, 9.17) is 18.9 Å². The van der Waals surface area contributed by atoms with Gasteiger partial charge in [0.05, 0.1) is 37.2 Å². The molecule has 0 bridgehead atoms. The van der Waals surface area contributed by atoms with Gasteiger partial charge in [-0.2, -0.15) is 0 Å². The Morgan fingerprint density at radius 2 is 0.405 bits per heavy atom. The van der Waals surface area contributed by atoms with Crippen molar-refractivity contribution in [3.05, 3.63) is 36.4 Å². The SMILES string of the molecule is CCCCCCCCCCCCCCOc1ccc(OCCCCCCCCCCCCCC)c2c(OCCCCCCCCCCCCCC)c3ccccc3c(OCCCCCCCCCCCCCC)c12. The Hall–Kier alpha value is -2.62. The van der Waals surface area contributed by atoms with Crippen molar-refractivity contribution in [1.82, 2.24) is 0 Å². The molecule has 74 heavy (non-hydrogen) atoms. The average molecular weight is 1030 g/mol. The third-order valence-corrected chi connectivity index (χ3v) is 16.0. The largest absolute Gasteiger partial charge is 0.493 e. The number of rotatable bonds is 56. The van der Waals surface area contributed by atoms with Gasteiger partial charge in [0.25, 0.3) is 0 Å². The molecular formula is C70H122O4. The summed E-state index contributed by atoms with van der Waals surface area (Å²) in [4.78, 5) is 0. The molecule has 3 rings (SSSR count). The summed E-state index contributed by atoms with van der Waals surface area (Å²) in [5.41, 5.74) is 0. The van der Waals surface area contributed by atoms with Gasteiger partial charge in [-0.1, -0.05) is 334 Å². The summed E-state index contributed by atoms with van der Waals surface area (Å²) in [6, 6.07) is 13.2. The van der Waals surface area contributed by atoms with E-state index in [2.05, 4.69) is 64.1 Å². The van der Waals surface area contributed by atoms with Crippen molar-refractivity contribution in [2.45, 2.75) is 336 Å². The van der Waals surface area contributed by atoms with Gasteiger partial charge in [0.15, 0.2) is 0 Å². The summed E-state index contributed by atoms with van der Waals surface area (Å²) in [7, 11) is 0. The van der Waals surface area contributed by atoms with Gasteiger partial charge in [-0.15, -0.1) is 0 Å². The first-order valence-corrected chi connectivity index (χ1v) is 33.3. The van der Waals surface area contributed by atoms with Crippen LogP contribution < -0.4 is 18.9 Å². The lowest BCUT2D eigenvalue weighted by Gasteiger charge is -2.22. The molecule has 426 valence electrons. The summed E-state index contributed by atoms with van der Waals surface area (Å²) < 4.78 is 27.9. The van der Waals surface area contributed by atoms with Crippen molar-refractivity contribution in [3.8, 4) is 23.0 Å². The minimum atomic E-state index is 0.706. The molecule has 0 saturated heterocycles. The fourth-order valence-electron chi connectivity index (χ4n) is 11.2. The molecule has 0 aliphatic heterocycles. The second-order valence-electron chi connectivity index (χ2n) is 23.0. The predicted octanol–water partition coefficient (Wildman–Crippen LogP) is 24.3. The molecule has 4 nitrogen and oxygen atoms in total. The Balaban J connectivity index is 1.74. The standard InChI is InChI=1S/C70H122O4/c1-5-9-13-17-21-25-29-33-37-41-45-51-59-71-65-57-58-66(72-60-52-46-42-38-34-30-26-22-18-14-10-6-2)68-67(65)69(73-61-53-47-43-39-35-31-27-23-19-15-11-7-3)63-55-49-50-56-64(63)70(68)74-62-54-48-44-40-36-32-28-24-20-16-12-8-4/h49-50,55-58H,5-48,51-54,59-62H2,1-4H3. The van der Waals surface area contributed by atoms with Crippen LogP contribution in [0.15, 0.2) is 36.4 Å². The molecular weight excluding hydrogens is 905 g/mol. The first-order chi connectivity index (χ1) is 36.8. The van der Waals surface area contributed by atoms with Crippen LogP contribution in [0.25, 0.3) is 21.5 Å². The van der Waals surface area contributed by atoms with Gasteiger partial charge in [0, 0.05) is 10.8 Å². The van der Waals surface area contributed by atoms with E-state index in [0.717, 1.165) is 70.2 Å². The maximum atomic E-state index is 7.05. The van der Waals surface area contributed by atoms with Gasteiger partial charge in [0.1, 0.15) is 23.0 Å². The van der Waals surface area contributed by atoms with Gasteiger partial charge in [-0.05, 0) is 37.8 Å². The molecule has 0 aliphatic carbocycles. The Morgan fingerprint density at radius 1 is 0.216 bits per heavy atom. The number of benzene rings is 3. The average Bonchev–Trinajstić information content (AvgIpc) is 3.42. The zero-order valence-electron chi connectivity index (χ0n) is 49.9. The second kappa shape index (κ2) is 48.7. The van der Waals surface area contributed by atoms with Crippen LogP contribution in [0.5, 0.6) is 23.0 Å². The lowest BCUT2D eigenvalue weighted by atomic mass is 9.98. The minimum absolute atomic E-state index is 0.706. The highest BCUT2D eigenvalue weighted by atomic mass is 16.5. The summed E-state index contributed by atoms with van der Waals surface area (Å²) >= 11 is 0. The highest BCUT2D eigenvalue weighted by Gasteiger charge is 2.23. The quantitative estimate of drug-likeness (QED) is 0.0417. The predicted molar refractivity (Wildman–Crippen MR) is 328 cm³/mol. The zero-order chi connectivity index (χ0) is 52.5. The van der Waals surface area contributed by atoms with Crippen LogP contribution in [-0.2, 0) is 0 Å². The second-order valence-corrected chi connectivity index (χ2v) is 23.0. The summed E-state index contributed by atoms with van der Waals surface area (Å²) in [6.07, 6.45) is 64.2. The molecule has 4 heteroatoms. The van der Waals surface area contributed by atoms with E-state index in [-0.39, 0.29) is 0 Å². The van der Waals surface area contributed by atoms with Crippen LogP contribution in [0.3, 0.4) is 0 Å². The van der Waals surface area contributed by atoms with Crippen LogP contribution in [0.1, 0.15) is 336 Å². The van der Waals surface area contributed by atoms with Crippen LogP contribution in [0.2, 0.25) is 0 Å². The molecule has 0 aromatic heterocycles. The third-order valence-electron chi connectivity index (χ3n) is 16.0. The molecule has 3 aromatic rings. The number of fused-ring (bicyclic) bond motifs is 2. The van der Waals surface area contributed by atoms with E-state index < -0.39 is 0 Å². The molecule has 0 spiro atoms. The minimum Gasteiger partial charge on any atom is -0.493 e. The molecule has 0 unspecified atom stereocenters. The molecule has 0 atom stereocenters. The number of hydrogen-bond donors (Lipinski definition) is 0. The van der Waals surface area contributed by atoms with Gasteiger partial charge < -0.3 is 18.9 Å². The third kappa shape index (κ3) is 31.6. The Kier molecular flexibility index (Phi) is 43.2. The van der Waals surface area contributed by atoms with Crippen molar-refractivity contribution in [2.24, 2.45) is 0 Å². The molecule has 0 saturated carbocycles. The molecule has 0 radical (unpaired) electrons. The Labute approximate surface area is 460 Å². The summed E-state index contributed by atoms with van der Waals surface area (Å²) in [5.74, 6) is 3.70. The van der Waals surface area contributed by atoms with Gasteiger partial charge in [-0.3, -0.25) is 0 Å². The van der Waals surface area contributed by atoms with Gasteiger partial charge >= 0.3 is 0 Å².